The van der Waals surface area contributed by atoms with Crippen molar-refractivity contribution in [3.8, 4) is 0 Å². The number of carboxylic acid groups (broad SMARTS) is 1. The zero-order valence-corrected chi connectivity index (χ0v) is 28.7. The lowest BCUT2D eigenvalue weighted by molar-refractivity contribution is -0.219. The Morgan fingerprint density at radius 2 is 1.75 bits per heavy atom. The van der Waals surface area contributed by atoms with Crippen LogP contribution < -0.4 is 5.73 Å². The number of halogens is 2. The number of aliphatic hydroxyl groups excluding tert-OH is 2. The van der Waals surface area contributed by atoms with Gasteiger partial charge < -0.3 is 26.2 Å². The molecule has 0 unspecified atom stereocenters. The van der Waals surface area contributed by atoms with E-state index in [0.717, 1.165) is 4.47 Å². The SMILES string of the molecule is C[C@@H]1C[C@H]2[C@@H]3CCC4=CC(=O)C=C[C@]4(C)[C@@]3(F)[C@@H](O)C[C@]2(C)[C@@]1(O)C(=O)CO.Nc1c(CC(=O)O)cccc1C(=O)c1ccc(Br)cc1. The third-order valence-electron chi connectivity index (χ3n) is 11.7. The van der Waals surface area contributed by atoms with Gasteiger partial charge in [0.25, 0.3) is 0 Å². The number of anilines is 1. The number of carbonyl (C=O) groups is 4. The van der Waals surface area contributed by atoms with Gasteiger partial charge in [0.05, 0.1) is 12.5 Å². The normalized spacial score (nSPS) is 34.9. The Morgan fingerprint density at radius 1 is 1.08 bits per heavy atom. The van der Waals surface area contributed by atoms with E-state index in [9.17, 15) is 34.5 Å². The highest BCUT2D eigenvalue weighted by atomic mass is 79.9. The van der Waals surface area contributed by atoms with Gasteiger partial charge in [0.15, 0.2) is 23.0 Å². The Kier molecular flexibility index (Phi) is 9.50. The molecule has 48 heavy (non-hydrogen) atoms. The maximum atomic E-state index is 16.9. The molecule has 11 heteroatoms. The Morgan fingerprint density at radius 3 is 2.38 bits per heavy atom. The number of nitrogens with two attached hydrogens (primary N) is 1. The van der Waals surface area contributed by atoms with Gasteiger partial charge in [0.1, 0.15) is 12.2 Å². The first-order valence-electron chi connectivity index (χ1n) is 16.0. The molecule has 0 saturated heterocycles. The molecule has 4 aliphatic rings. The molecule has 8 atom stereocenters. The van der Waals surface area contributed by atoms with Gasteiger partial charge in [-0.2, -0.15) is 0 Å². The van der Waals surface area contributed by atoms with Gasteiger partial charge >= 0.3 is 5.97 Å². The number of aliphatic carboxylic acids is 1. The second kappa shape index (κ2) is 12.7. The molecule has 0 aromatic heterocycles. The number of nitrogen functional groups attached to an aromatic ring is 1. The Balaban J connectivity index is 0.000000199. The number of ketones is 3. The van der Waals surface area contributed by atoms with Crippen molar-refractivity contribution in [2.45, 2.75) is 70.2 Å². The molecular weight excluding hydrogens is 685 g/mol. The number of benzene rings is 2. The molecule has 4 aliphatic carbocycles. The van der Waals surface area contributed by atoms with Crippen LogP contribution in [-0.4, -0.2) is 67.7 Å². The number of rotatable bonds is 6. The van der Waals surface area contributed by atoms with E-state index in [2.05, 4.69) is 15.9 Å². The summed E-state index contributed by atoms with van der Waals surface area (Å²) in [6.45, 7) is 4.48. The number of aliphatic hydroxyl groups is 3. The van der Waals surface area contributed by atoms with E-state index in [1.807, 2.05) is 0 Å². The lowest BCUT2D eigenvalue weighted by Gasteiger charge is -2.62. The third kappa shape index (κ3) is 5.39. The van der Waals surface area contributed by atoms with E-state index >= 15 is 4.39 Å². The first-order valence-corrected chi connectivity index (χ1v) is 16.8. The van der Waals surface area contributed by atoms with Crippen LogP contribution in [0.2, 0.25) is 0 Å². The van der Waals surface area contributed by atoms with Gasteiger partial charge in [0.2, 0.25) is 0 Å². The molecule has 0 bridgehead atoms. The molecule has 0 aliphatic heterocycles. The number of fused-ring (bicyclic) bond motifs is 5. The molecule has 6 rings (SSSR count). The highest BCUT2D eigenvalue weighted by Gasteiger charge is 2.75. The van der Waals surface area contributed by atoms with Crippen LogP contribution in [0, 0.1) is 28.6 Å². The zero-order valence-electron chi connectivity index (χ0n) is 27.1. The van der Waals surface area contributed by atoms with Crippen molar-refractivity contribution >= 4 is 44.9 Å². The average molecular weight is 727 g/mol. The minimum Gasteiger partial charge on any atom is -0.481 e. The quantitative estimate of drug-likeness (QED) is 0.207. The third-order valence-corrected chi connectivity index (χ3v) is 12.2. The number of alkyl halides is 1. The number of hydrogen-bond donors (Lipinski definition) is 5. The molecule has 3 saturated carbocycles. The van der Waals surface area contributed by atoms with Gasteiger partial charge in [-0.25, -0.2) is 4.39 Å². The monoisotopic (exact) mass is 725 g/mol. The van der Waals surface area contributed by atoms with Crippen molar-refractivity contribution in [3.05, 3.63) is 87.4 Å². The molecule has 3 fully saturated rings. The van der Waals surface area contributed by atoms with Crippen molar-refractivity contribution in [3.63, 3.8) is 0 Å². The van der Waals surface area contributed by atoms with E-state index in [-0.39, 0.29) is 36.0 Å². The molecule has 2 aromatic rings. The Labute approximate surface area is 286 Å². The zero-order chi connectivity index (χ0) is 35.4. The topological polar surface area (TPSA) is 175 Å². The van der Waals surface area contributed by atoms with Crippen LogP contribution in [0.3, 0.4) is 0 Å². The predicted octanol–water partition coefficient (Wildman–Crippen LogP) is 4.79. The first kappa shape index (κ1) is 35.8. The van der Waals surface area contributed by atoms with Crippen LogP contribution in [0.1, 0.15) is 67.9 Å². The fourth-order valence-electron chi connectivity index (χ4n) is 9.15. The van der Waals surface area contributed by atoms with Crippen LogP contribution in [0.4, 0.5) is 10.1 Å². The van der Waals surface area contributed by atoms with Gasteiger partial charge in [0, 0.05) is 38.0 Å². The molecule has 256 valence electrons. The van der Waals surface area contributed by atoms with Crippen molar-refractivity contribution in [1.82, 2.24) is 0 Å². The molecule has 0 amide bonds. The van der Waals surface area contributed by atoms with Crippen molar-refractivity contribution < 1.29 is 44.0 Å². The summed E-state index contributed by atoms with van der Waals surface area (Å²) in [5.41, 5.74) is 2.24. The maximum absolute atomic E-state index is 16.9. The fourth-order valence-corrected chi connectivity index (χ4v) is 9.41. The summed E-state index contributed by atoms with van der Waals surface area (Å²) < 4.78 is 17.7. The average Bonchev–Trinajstić information content (AvgIpc) is 3.24. The lowest BCUT2D eigenvalue weighted by Crippen LogP contribution is -2.69. The Hall–Kier alpha value is -3.51. The van der Waals surface area contributed by atoms with E-state index in [4.69, 9.17) is 10.8 Å². The van der Waals surface area contributed by atoms with E-state index in [1.54, 1.807) is 69.3 Å². The predicted molar refractivity (Wildman–Crippen MR) is 180 cm³/mol. The summed E-state index contributed by atoms with van der Waals surface area (Å²) in [7, 11) is 0. The maximum Gasteiger partial charge on any atom is 0.307 e. The number of allylic oxidation sites excluding steroid dienone is 4. The molecule has 0 radical (unpaired) electrons. The highest BCUT2D eigenvalue weighted by Crippen LogP contribution is 2.70. The number of carboxylic acids is 1. The largest absolute Gasteiger partial charge is 0.481 e. The summed E-state index contributed by atoms with van der Waals surface area (Å²) >= 11 is 3.30. The standard InChI is InChI=1S/C22H29FO5.C15H12BrNO3/c1-12-8-16-15-5-4-13-9-14(25)6-7-19(13,2)21(15,23)17(26)10-20(16,3)22(12,28)18(27)11-24;16-11-6-4-9(5-7-11)15(20)12-3-1-2-10(14(12)17)8-13(18)19/h6-7,9,12,15-17,24,26,28H,4-5,8,10-11H2,1-3H3;1-7H,8,17H2,(H,18,19)/t12-,15+,16+,17+,19+,20+,21+,22+;/m1./s1. The van der Waals surface area contributed by atoms with Crippen LogP contribution in [0.15, 0.2) is 70.7 Å². The van der Waals surface area contributed by atoms with Crippen molar-refractivity contribution in [2.24, 2.45) is 28.6 Å². The fraction of sp³-hybridized carbons (Fsp3) is 0.459. The highest BCUT2D eigenvalue weighted by molar-refractivity contribution is 9.10. The number of para-hydroxylation sites is 1. The van der Waals surface area contributed by atoms with E-state index < -0.39 is 58.4 Å². The summed E-state index contributed by atoms with van der Waals surface area (Å²) in [5.74, 6) is -3.32. The summed E-state index contributed by atoms with van der Waals surface area (Å²) in [4.78, 5) is 47.5. The second-order valence-electron chi connectivity index (χ2n) is 14.0. The van der Waals surface area contributed by atoms with Crippen LogP contribution >= 0.6 is 15.9 Å². The number of hydrogen-bond acceptors (Lipinski definition) is 8. The van der Waals surface area contributed by atoms with Crippen LogP contribution in [0.25, 0.3) is 0 Å². The minimum absolute atomic E-state index is 0.0676. The van der Waals surface area contributed by atoms with Crippen LogP contribution in [-0.2, 0) is 20.8 Å². The Bertz CT molecular complexity index is 1720. The minimum atomic E-state index is -1.98. The van der Waals surface area contributed by atoms with E-state index in [1.165, 1.54) is 12.2 Å². The smallest absolute Gasteiger partial charge is 0.307 e. The summed E-state index contributed by atoms with van der Waals surface area (Å²) in [5, 5.41) is 40.8. The first-order chi connectivity index (χ1) is 22.4. The lowest BCUT2D eigenvalue weighted by atomic mass is 9.44. The summed E-state index contributed by atoms with van der Waals surface area (Å²) in [6.07, 6.45) is 4.24. The van der Waals surface area contributed by atoms with E-state index in [0.29, 0.717) is 41.5 Å². The molecule has 6 N–H and O–H groups in total. The number of carbonyl (C=O) groups excluding carboxylic acids is 3. The van der Waals surface area contributed by atoms with Crippen LogP contribution in [0.5, 0.6) is 0 Å². The molecule has 0 heterocycles. The van der Waals surface area contributed by atoms with Gasteiger partial charge in [-0.1, -0.05) is 53.6 Å². The van der Waals surface area contributed by atoms with Crippen molar-refractivity contribution in [2.75, 3.05) is 12.3 Å². The second-order valence-corrected chi connectivity index (χ2v) is 14.9. The van der Waals surface area contributed by atoms with Gasteiger partial charge in [-0.05, 0) is 92.5 Å². The van der Waals surface area contributed by atoms with Crippen molar-refractivity contribution in [1.29, 1.82) is 0 Å². The summed E-state index contributed by atoms with van der Waals surface area (Å²) in [6, 6.07) is 11.8. The molecule has 2 aromatic carbocycles. The molecule has 9 nitrogen and oxygen atoms in total. The molecular formula is C37H41BrFNO8. The van der Waals surface area contributed by atoms with Gasteiger partial charge in [-0.15, -0.1) is 0 Å². The number of Topliss-reactive ketones (excluding diaryl/α,β-unsaturated/α-hetero) is 1. The van der Waals surface area contributed by atoms with Gasteiger partial charge in [-0.3, -0.25) is 19.2 Å². The molecule has 0 spiro atoms.